The number of nitrogens with zero attached hydrogens (tertiary/aromatic N) is 2. The molecular formula is C22H26N2S. The molecule has 1 saturated carbocycles. The average Bonchev–Trinajstić information content (AvgIpc) is 3.16. The summed E-state index contributed by atoms with van der Waals surface area (Å²) in [7, 11) is 0. The molecule has 0 saturated heterocycles. The second kappa shape index (κ2) is 8.01. The first-order valence-corrected chi connectivity index (χ1v) is 10.4. The van der Waals surface area contributed by atoms with Crippen molar-refractivity contribution in [2.45, 2.75) is 57.4 Å². The first-order valence-electron chi connectivity index (χ1n) is 9.61. The van der Waals surface area contributed by atoms with Crippen molar-refractivity contribution in [2.24, 2.45) is 0 Å². The number of aromatic nitrogens is 2. The smallest absolute Gasteiger partial charge is 0.104 e. The summed E-state index contributed by atoms with van der Waals surface area (Å²) in [6, 6.07) is 2.84. The number of rotatable bonds is 2. The van der Waals surface area contributed by atoms with E-state index in [1.807, 2.05) is 11.3 Å². The second-order valence-corrected chi connectivity index (χ2v) is 8.16. The Morgan fingerprint density at radius 3 is 2.40 bits per heavy atom. The molecule has 2 nitrogen and oxygen atoms in total. The predicted octanol–water partition coefficient (Wildman–Crippen LogP) is 6.84. The van der Waals surface area contributed by atoms with Crippen LogP contribution >= 0.6 is 11.3 Å². The standard InChI is InChI=1S/C22H26N2S/c1-2-7-11-15-19(14-10-6-1)24-17-22-20(23-24)16-21(25-22)18-12-8-4-3-5-9-13-18/h3-5,8-9,12-13,16-17,19H,1-2,6-7,10-11,14-15H2/b4-3-,5-3?,8-4?,9-5-,12-8-,13-9?,18-12?,18-13+. The molecule has 0 radical (unpaired) electrons. The van der Waals surface area contributed by atoms with Gasteiger partial charge < -0.3 is 0 Å². The van der Waals surface area contributed by atoms with Crippen molar-refractivity contribution in [1.82, 2.24) is 9.78 Å². The topological polar surface area (TPSA) is 17.8 Å². The van der Waals surface area contributed by atoms with E-state index in [0.29, 0.717) is 6.04 Å². The van der Waals surface area contributed by atoms with Gasteiger partial charge in [-0.05, 0) is 24.5 Å². The Morgan fingerprint density at radius 2 is 1.60 bits per heavy atom. The van der Waals surface area contributed by atoms with Crippen molar-refractivity contribution in [1.29, 1.82) is 0 Å². The lowest BCUT2D eigenvalue weighted by Crippen LogP contribution is -2.09. The molecule has 2 heterocycles. The molecule has 0 amide bonds. The number of thiophene rings is 1. The lowest BCUT2D eigenvalue weighted by molar-refractivity contribution is 0.385. The van der Waals surface area contributed by atoms with Crippen molar-refractivity contribution in [3.8, 4) is 0 Å². The molecule has 0 aromatic carbocycles. The van der Waals surface area contributed by atoms with Gasteiger partial charge in [-0.1, -0.05) is 81.1 Å². The van der Waals surface area contributed by atoms with Crippen LogP contribution in [0, 0.1) is 0 Å². The maximum Gasteiger partial charge on any atom is 0.104 e. The van der Waals surface area contributed by atoms with Gasteiger partial charge in [-0.3, -0.25) is 4.68 Å². The summed E-state index contributed by atoms with van der Waals surface area (Å²) in [6.07, 6.45) is 27.9. The minimum Gasteiger partial charge on any atom is -0.268 e. The first-order chi connectivity index (χ1) is 12.4. The van der Waals surface area contributed by atoms with Gasteiger partial charge in [0.25, 0.3) is 0 Å². The second-order valence-electron chi connectivity index (χ2n) is 7.07. The lowest BCUT2D eigenvalue weighted by atomic mass is 10.1. The maximum absolute atomic E-state index is 4.94. The predicted molar refractivity (Wildman–Crippen MR) is 109 cm³/mol. The van der Waals surface area contributed by atoms with Crippen molar-refractivity contribution in [2.75, 3.05) is 0 Å². The van der Waals surface area contributed by atoms with Gasteiger partial charge in [-0.15, -0.1) is 11.3 Å². The summed E-state index contributed by atoms with van der Waals surface area (Å²) in [5.41, 5.74) is 2.41. The summed E-state index contributed by atoms with van der Waals surface area (Å²) >= 11 is 1.86. The van der Waals surface area contributed by atoms with Crippen LogP contribution in [0.2, 0.25) is 0 Å². The van der Waals surface area contributed by atoms with Crippen LogP contribution in [0.5, 0.6) is 0 Å². The van der Waals surface area contributed by atoms with E-state index in [-0.39, 0.29) is 0 Å². The van der Waals surface area contributed by atoms with Crippen molar-refractivity contribution < 1.29 is 0 Å². The molecule has 1 fully saturated rings. The molecule has 0 spiro atoms. The van der Waals surface area contributed by atoms with E-state index in [1.165, 1.54) is 66.5 Å². The Bertz CT molecular complexity index is 790. The van der Waals surface area contributed by atoms with Gasteiger partial charge in [-0.2, -0.15) is 5.10 Å². The third-order valence-electron chi connectivity index (χ3n) is 5.19. The molecule has 2 aromatic heterocycles. The van der Waals surface area contributed by atoms with Gasteiger partial charge >= 0.3 is 0 Å². The fraction of sp³-hybridized carbons (Fsp3) is 0.409. The van der Waals surface area contributed by atoms with Gasteiger partial charge in [-0.25, -0.2) is 0 Å². The molecule has 0 unspecified atom stereocenters. The van der Waals surface area contributed by atoms with E-state index < -0.39 is 0 Å². The molecule has 4 rings (SSSR count). The average molecular weight is 351 g/mol. The highest BCUT2D eigenvalue weighted by molar-refractivity contribution is 7.20. The molecular weight excluding hydrogens is 324 g/mol. The highest BCUT2D eigenvalue weighted by atomic mass is 32.1. The third kappa shape index (κ3) is 4.04. The molecule has 0 N–H and O–H groups in total. The Morgan fingerprint density at radius 1 is 0.880 bits per heavy atom. The van der Waals surface area contributed by atoms with Crippen LogP contribution < -0.4 is 0 Å². The summed E-state index contributed by atoms with van der Waals surface area (Å²) in [5.74, 6) is 0. The largest absolute Gasteiger partial charge is 0.268 e. The molecule has 2 aliphatic carbocycles. The van der Waals surface area contributed by atoms with Gasteiger partial charge in [0.1, 0.15) is 5.52 Å². The SMILES string of the molecule is C1=C\C=C/C(c2cc3nn(C4CCCCCCCC4)cc3s2)=C\C=C/1. The van der Waals surface area contributed by atoms with E-state index in [2.05, 4.69) is 59.5 Å². The van der Waals surface area contributed by atoms with Crippen molar-refractivity contribution in [3.63, 3.8) is 0 Å². The van der Waals surface area contributed by atoms with E-state index in [1.54, 1.807) is 0 Å². The number of fused-ring (bicyclic) bond motifs is 1. The van der Waals surface area contributed by atoms with E-state index in [0.717, 1.165) is 5.52 Å². The molecule has 25 heavy (non-hydrogen) atoms. The molecule has 3 heteroatoms. The summed E-state index contributed by atoms with van der Waals surface area (Å²) in [5, 5.41) is 4.94. The lowest BCUT2D eigenvalue weighted by Gasteiger charge is -2.16. The van der Waals surface area contributed by atoms with E-state index in [9.17, 15) is 0 Å². The molecule has 2 aromatic rings. The van der Waals surface area contributed by atoms with Crippen LogP contribution in [0.3, 0.4) is 0 Å². The number of hydrogen-bond acceptors (Lipinski definition) is 2. The first kappa shape index (κ1) is 16.6. The monoisotopic (exact) mass is 350 g/mol. The minimum absolute atomic E-state index is 0.592. The molecule has 0 atom stereocenters. The molecule has 2 aliphatic rings. The maximum atomic E-state index is 4.94. The van der Waals surface area contributed by atoms with Crippen LogP contribution in [0.25, 0.3) is 15.8 Å². The number of allylic oxidation sites excluding steroid dienone is 8. The van der Waals surface area contributed by atoms with Gasteiger partial charge in [0.05, 0.1) is 10.7 Å². The van der Waals surface area contributed by atoms with Crippen LogP contribution in [-0.2, 0) is 0 Å². The van der Waals surface area contributed by atoms with E-state index >= 15 is 0 Å². The van der Waals surface area contributed by atoms with Gasteiger partial charge in [0.15, 0.2) is 0 Å². The molecule has 130 valence electrons. The van der Waals surface area contributed by atoms with Crippen LogP contribution in [0.1, 0.15) is 62.3 Å². The van der Waals surface area contributed by atoms with Gasteiger partial charge in [0.2, 0.25) is 0 Å². The quantitative estimate of drug-likeness (QED) is 0.580. The third-order valence-corrected chi connectivity index (χ3v) is 6.30. The highest BCUT2D eigenvalue weighted by Crippen LogP contribution is 2.33. The Kier molecular flexibility index (Phi) is 5.31. The van der Waals surface area contributed by atoms with Crippen LogP contribution in [0.4, 0.5) is 0 Å². The Labute approximate surface area is 154 Å². The fourth-order valence-electron chi connectivity index (χ4n) is 3.78. The zero-order valence-corrected chi connectivity index (χ0v) is 15.5. The Hall–Kier alpha value is -1.87. The highest BCUT2D eigenvalue weighted by Gasteiger charge is 2.16. The van der Waals surface area contributed by atoms with Crippen LogP contribution in [0.15, 0.2) is 54.8 Å². The van der Waals surface area contributed by atoms with Crippen LogP contribution in [-0.4, -0.2) is 9.78 Å². The summed E-state index contributed by atoms with van der Waals surface area (Å²) < 4.78 is 3.58. The van der Waals surface area contributed by atoms with Gasteiger partial charge in [0, 0.05) is 11.1 Å². The fourth-order valence-corrected chi connectivity index (χ4v) is 4.80. The zero-order chi connectivity index (χ0) is 16.9. The minimum atomic E-state index is 0.592. The Balaban J connectivity index is 1.56. The zero-order valence-electron chi connectivity index (χ0n) is 14.7. The van der Waals surface area contributed by atoms with E-state index in [4.69, 9.17) is 5.10 Å². The summed E-state index contributed by atoms with van der Waals surface area (Å²) in [6.45, 7) is 0. The summed E-state index contributed by atoms with van der Waals surface area (Å²) in [4.78, 5) is 1.30. The normalized spacial score (nSPS) is 25.8. The molecule has 0 bridgehead atoms. The molecule has 0 aliphatic heterocycles. The van der Waals surface area contributed by atoms with Crippen molar-refractivity contribution >= 4 is 27.1 Å². The van der Waals surface area contributed by atoms with Crippen molar-refractivity contribution in [3.05, 3.63) is 59.7 Å². The number of hydrogen-bond donors (Lipinski definition) is 0.